The molecule has 2 N–H and O–H groups in total. The Morgan fingerprint density at radius 1 is 1.00 bits per heavy atom. The highest BCUT2D eigenvalue weighted by Crippen LogP contribution is 2.20. The van der Waals surface area contributed by atoms with Crippen LogP contribution >= 0.6 is 0 Å². The van der Waals surface area contributed by atoms with Gasteiger partial charge in [0.05, 0.1) is 18.5 Å². The Balaban J connectivity index is 1.64. The van der Waals surface area contributed by atoms with Crippen LogP contribution in [-0.4, -0.2) is 17.5 Å². The van der Waals surface area contributed by atoms with Crippen LogP contribution in [0.4, 0.5) is 17.1 Å². The highest BCUT2D eigenvalue weighted by atomic mass is 16.5. The summed E-state index contributed by atoms with van der Waals surface area (Å²) in [7, 11) is 0. The number of rotatable bonds is 6. The van der Waals surface area contributed by atoms with E-state index in [1.807, 2.05) is 56.3 Å². The Hall–Kier alpha value is -3.34. The third kappa shape index (κ3) is 4.39. The molecule has 0 aliphatic rings. The number of aromatic nitrogens is 1. The maximum Gasteiger partial charge on any atom is 0.274 e. The van der Waals surface area contributed by atoms with E-state index in [9.17, 15) is 4.79 Å². The quantitative estimate of drug-likeness (QED) is 0.673. The minimum Gasteiger partial charge on any atom is -0.494 e. The van der Waals surface area contributed by atoms with E-state index >= 15 is 0 Å². The number of nitrogens with zero attached hydrogens (tertiary/aromatic N) is 1. The molecule has 1 amide bonds. The molecule has 2 aromatic carbocycles. The van der Waals surface area contributed by atoms with E-state index in [4.69, 9.17) is 4.74 Å². The van der Waals surface area contributed by atoms with Crippen molar-refractivity contribution in [3.63, 3.8) is 0 Å². The fourth-order valence-electron chi connectivity index (χ4n) is 2.47. The number of ether oxygens (including phenoxy) is 1. The molecule has 5 nitrogen and oxygen atoms in total. The van der Waals surface area contributed by atoms with Crippen molar-refractivity contribution in [3.05, 3.63) is 78.1 Å². The van der Waals surface area contributed by atoms with E-state index in [0.29, 0.717) is 18.0 Å². The fourth-order valence-corrected chi connectivity index (χ4v) is 2.47. The van der Waals surface area contributed by atoms with Crippen molar-refractivity contribution in [2.75, 3.05) is 17.2 Å². The van der Waals surface area contributed by atoms with Crippen LogP contribution in [0, 0.1) is 6.92 Å². The van der Waals surface area contributed by atoms with Crippen molar-refractivity contribution in [1.29, 1.82) is 0 Å². The molecule has 0 spiro atoms. The maximum atomic E-state index is 12.3. The summed E-state index contributed by atoms with van der Waals surface area (Å²) in [4.78, 5) is 16.6. The first-order valence-corrected chi connectivity index (χ1v) is 8.48. The van der Waals surface area contributed by atoms with Crippen molar-refractivity contribution in [1.82, 2.24) is 4.98 Å². The Kier molecular flexibility index (Phi) is 5.49. The van der Waals surface area contributed by atoms with Gasteiger partial charge in [-0.15, -0.1) is 0 Å². The lowest BCUT2D eigenvalue weighted by atomic mass is 10.2. The molecule has 3 rings (SSSR count). The van der Waals surface area contributed by atoms with Crippen molar-refractivity contribution >= 4 is 23.0 Å². The lowest BCUT2D eigenvalue weighted by molar-refractivity contribution is 0.102. The molecule has 0 unspecified atom stereocenters. The van der Waals surface area contributed by atoms with Gasteiger partial charge in [0.2, 0.25) is 0 Å². The third-order valence-electron chi connectivity index (χ3n) is 3.84. The van der Waals surface area contributed by atoms with Gasteiger partial charge in [0.15, 0.2) is 0 Å². The first kappa shape index (κ1) is 17.5. The summed E-state index contributed by atoms with van der Waals surface area (Å²) in [5, 5.41) is 6.13. The van der Waals surface area contributed by atoms with Gasteiger partial charge in [0.1, 0.15) is 11.4 Å². The Morgan fingerprint density at radius 3 is 2.38 bits per heavy atom. The Bertz CT molecular complexity index is 875. The van der Waals surface area contributed by atoms with E-state index in [1.54, 1.807) is 24.4 Å². The second-order valence-corrected chi connectivity index (χ2v) is 5.78. The number of anilines is 3. The molecule has 3 aromatic rings. The van der Waals surface area contributed by atoms with Crippen LogP contribution < -0.4 is 15.4 Å². The number of carbonyl (C=O) groups excluding carboxylic acids is 1. The average molecular weight is 347 g/mol. The van der Waals surface area contributed by atoms with Gasteiger partial charge in [-0.25, -0.2) is 4.98 Å². The Labute approximate surface area is 153 Å². The van der Waals surface area contributed by atoms with Crippen LogP contribution in [0.2, 0.25) is 0 Å². The van der Waals surface area contributed by atoms with Gasteiger partial charge >= 0.3 is 0 Å². The van der Waals surface area contributed by atoms with Gasteiger partial charge in [-0.3, -0.25) is 4.79 Å². The van der Waals surface area contributed by atoms with Gasteiger partial charge in [0.25, 0.3) is 5.91 Å². The molecule has 1 aromatic heterocycles. The minimum atomic E-state index is -0.253. The van der Waals surface area contributed by atoms with E-state index in [2.05, 4.69) is 15.6 Å². The van der Waals surface area contributed by atoms with E-state index in [0.717, 1.165) is 22.7 Å². The number of hydrogen-bond donors (Lipinski definition) is 2. The molecule has 0 atom stereocenters. The molecular formula is C21H21N3O2. The molecule has 0 aliphatic heterocycles. The molecule has 0 radical (unpaired) electrons. The molecule has 1 heterocycles. The molecule has 0 bridgehead atoms. The van der Waals surface area contributed by atoms with Gasteiger partial charge < -0.3 is 15.4 Å². The molecule has 26 heavy (non-hydrogen) atoms. The van der Waals surface area contributed by atoms with E-state index in [1.165, 1.54) is 0 Å². The van der Waals surface area contributed by atoms with Crippen LogP contribution in [0.25, 0.3) is 0 Å². The van der Waals surface area contributed by atoms with Crippen molar-refractivity contribution in [2.24, 2.45) is 0 Å². The summed E-state index contributed by atoms with van der Waals surface area (Å²) in [5.41, 5.74) is 4.04. The molecule has 5 heteroatoms. The number of carbonyl (C=O) groups is 1. The number of nitrogens with one attached hydrogen (secondary N) is 2. The predicted octanol–water partition coefficient (Wildman–Crippen LogP) is 4.78. The largest absolute Gasteiger partial charge is 0.494 e. The lowest BCUT2D eigenvalue weighted by Gasteiger charge is -2.10. The van der Waals surface area contributed by atoms with Crippen LogP contribution in [-0.2, 0) is 0 Å². The zero-order valence-corrected chi connectivity index (χ0v) is 14.8. The zero-order chi connectivity index (χ0) is 18.4. The fraction of sp³-hybridized carbons (Fsp3) is 0.143. The van der Waals surface area contributed by atoms with Crippen LogP contribution in [0.15, 0.2) is 66.9 Å². The van der Waals surface area contributed by atoms with Crippen LogP contribution in [0.5, 0.6) is 5.75 Å². The van der Waals surface area contributed by atoms with Crippen molar-refractivity contribution < 1.29 is 9.53 Å². The topological polar surface area (TPSA) is 63.2 Å². The summed E-state index contributed by atoms with van der Waals surface area (Å²) >= 11 is 0. The second kappa shape index (κ2) is 8.16. The van der Waals surface area contributed by atoms with E-state index in [-0.39, 0.29) is 5.91 Å². The van der Waals surface area contributed by atoms with E-state index < -0.39 is 0 Å². The number of aryl methyl sites for hydroxylation is 1. The SMILES string of the molecule is CCOc1ccc(NC(=O)c2ccc(Nc3ccccc3C)cn2)cc1. The molecule has 132 valence electrons. The first-order chi connectivity index (χ1) is 12.7. The normalized spacial score (nSPS) is 10.2. The van der Waals surface area contributed by atoms with Crippen LogP contribution in [0.3, 0.4) is 0 Å². The highest BCUT2D eigenvalue weighted by Gasteiger charge is 2.08. The highest BCUT2D eigenvalue weighted by molar-refractivity contribution is 6.03. The molecule has 0 aliphatic carbocycles. The van der Waals surface area contributed by atoms with Crippen molar-refractivity contribution in [2.45, 2.75) is 13.8 Å². The van der Waals surface area contributed by atoms with Gasteiger partial charge in [0, 0.05) is 11.4 Å². The predicted molar refractivity (Wildman–Crippen MR) is 104 cm³/mol. The number of hydrogen-bond acceptors (Lipinski definition) is 4. The number of benzene rings is 2. The van der Waals surface area contributed by atoms with Gasteiger partial charge in [-0.2, -0.15) is 0 Å². The van der Waals surface area contributed by atoms with Gasteiger partial charge in [-0.05, 0) is 61.9 Å². The lowest BCUT2D eigenvalue weighted by Crippen LogP contribution is -2.13. The smallest absolute Gasteiger partial charge is 0.274 e. The monoisotopic (exact) mass is 347 g/mol. The third-order valence-corrected chi connectivity index (χ3v) is 3.84. The van der Waals surface area contributed by atoms with Crippen LogP contribution in [0.1, 0.15) is 23.0 Å². The molecular weight excluding hydrogens is 326 g/mol. The minimum absolute atomic E-state index is 0.253. The Morgan fingerprint density at radius 2 is 1.73 bits per heavy atom. The second-order valence-electron chi connectivity index (χ2n) is 5.78. The molecule has 0 fully saturated rings. The van der Waals surface area contributed by atoms with Gasteiger partial charge in [-0.1, -0.05) is 18.2 Å². The summed E-state index contributed by atoms with van der Waals surface area (Å²) in [6.45, 7) is 4.58. The number of pyridine rings is 1. The molecule has 0 saturated carbocycles. The number of para-hydroxylation sites is 1. The summed E-state index contributed by atoms with van der Waals surface area (Å²) in [6.07, 6.45) is 1.65. The maximum absolute atomic E-state index is 12.3. The number of amides is 1. The van der Waals surface area contributed by atoms with Crippen molar-refractivity contribution in [3.8, 4) is 5.75 Å². The molecule has 0 saturated heterocycles. The first-order valence-electron chi connectivity index (χ1n) is 8.48. The summed E-state index contributed by atoms with van der Waals surface area (Å²) in [6, 6.07) is 18.8. The summed E-state index contributed by atoms with van der Waals surface area (Å²) in [5.74, 6) is 0.520. The average Bonchev–Trinajstić information content (AvgIpc) is 2.66. The zero-order valence-electron chi connectivity index (χ0n) is 14.8. The standard InChI is InChI=1S/C21H21N3O2/c1-3-26-18-11-8-16(9-12-18)24-21(25)20-13-10-17(14-22-20)23-19-7-5-4-6-15(19)2/h4-14,23H,3H2,1-2H3,(H,24,25). The summed E-state index contributed by atoms with van der Waals surface area (Å²) < 4.78 is 5.39.